The molecule has 1 atom stereocenters. The van der Waals surface area contributed by atoms with Crippen LogP contribution in [0, 0.1) is 16.2 Å². The van der Waals surface area contributed by atoms with E-state index in [9.17, 15) is 14.4 Å². The van der Waals surface area contributed by atoms with Crippen molar-refractivity contribution in [3.05, 3.63) is 0 Å². The van der Waals surface area contributed by atoms with Crippen molar-refractivity contribution in [2.24, 2.45) is 16.2 Å². The largest absolute Gasteiger partial charge is 0.354 e. The van der Waals surface area contributed by atoms with Gasteiger partial charge in [-0.15, -0.1) is 0 Å². The standard InChI is InChI=1S/C18H33NO3S/c1-12(20)15(3,4)10-18(9,23)14(22)19-11-16(5,6)17(7,8)13(2)21/h23H,10-11H2,1-9H3,(H,19,22). The van der Waals surface area contributed by atoms with Gasteiger partial charge < -0.3 is 5.32 Å². The summed E-state index contributed by atoms with van der Waals surface area (Å²) in [4.78, 5) is 36.1. The van der Waals surface area contributed by atoms with E-state index in [1.54, 1.807) is 13.8 Å². The lowest BCUT2D eigenvalue weighted by Crippen LogP contribution is -2.51. The summed E-state index contributed by atoms with van der Waals surface area (Å²) in [5.41, 5.74) is -1.55. The van der Waals surface area contributed by atoms with Crippen molar-refractivity contribution in [2.75, 3.05) is 6.54 Å². The average Bonchev–Trinajstić information content (AvgIpc) is 2.33. The molecule has 0 saturated heterocycles. The normalized spacial score (nSPS) is 15.7. The Morgan fingerprint density at radius 2 is 1.30 bits per heavy atom. The molecule has 0 radical (unpaired) electrons. The first-order valence-corrected chi connectivity index (χ1v) is 8.45. The van der Waals surface area contributed by atoms with E-state index in [1.165, 1.54) is 6.92 Å². The van der Waals surface area contributed by atoms with Crippen molar-refractivity contribution in [1.82, 2.24) is 5.32 Å². The van der Waals surface area contributed by atoms with Crippen LogP contribution in [0.5, 0.6) is 0 Å². The summed E-state index contributed by atoms with van der Waals surface area (Å²) in [5, 5.41) is 2.91. The van der Waals surface area contributed by atoms with Gasteiger partial charge in [-0.2, -0.15) is 12.6 Å². The molecule has 1 N–H and O–H groups in total. The van der Waals surface area contributed by atoms with Crippen LogP contribution in [0.1, 0.15) is 68.7 Å². The van der Waals surface area contributed by atoms with Crippen LogP contribution in [0.2, 0.25) is 0 Å². The second-order valence-corrected chi connectivity index (χ2v) is 9.63. The third kappa shape index (κ3) is 5.33. The van der Waals surface area contributed by atoms with Gasteiger partial charge in [0.2, 0.25) is 5.91 Å². The summed E-state index contributed by atoms with van der Waals surface area (Å²) >= 11 is 4.48. The van der Waals surface area contributed by atoms with E-state index in [4.69, 9.17) is 0 Å². The van der Waals surface area contributed by atoms with Crippen molar-refractivity contribution >= 4 is 30.1 Å². The zero-order valence-corrected chi connectivity index (χ0v) is 17.0. The minimum Gasteiger partial charge on any atom is -0.354 e. The molecular formula is C18H33NO3S. The lowest BCUT2D eigenvalue weighted by atomic mass is 9.65. The number of hydrogen-bond donors (Lipinski definition) is 2. The summed E-state index contributed by atoms with van der Waals surface area (Å²) in [6, 6.07) is 0. The van der Waals surface area contributed by atoms with Crippen molar-refractivity contribution in [1.29, 1.82) is 0 Å². The van der Waals surface area contributed by atoms with Crippen molar-refractivity contribution in [3.63, 3.8) is 0 Å². The second kappa shape index (κ2) is 6.96. The number of hydrogen-bond acceptors (Lipinski definition) is 4. The van der Waals surface area contributed by atoms with Gasteiger partial charge >= 0.3 is 0 Å². The molecule has 0 spiro atoms. The van der Waals surface area contributed by atoms with E-state index in [0.29, 0.717) is 13.0 Å². The van der Waals surface area contributed by atoms with Gasteiger partial charge in [0.25, 0.3) is 0 Å². The van der Waals surface area contributed by atoms with Gasteiger partial charge in [-0.1, -0.05) is 41.5 Å². The molecule has 0 saturated carbocycles. The zero-order chi connectivity index (χ0) is 18.9. The van der Waals surface area contributed by atoms with Crippen LogP contribution in [0.25, 0.3) is 0 Å². The van der Waals surface area contributed by atoms with Crippen LogP contribution in [0.4, 0.5) is 0 Å². The van der Waals surface area contributed by atoms with Gasteiger partial charge in [0.1, 0.15) is 11.6 Å². The number of Topliss-reactive ketones (excluding diaryl/α,β-unsaturated/α-hetero) is 2. The highest BCUT2D eigenvalue weighted by Crippen LogP contribution is 2.39. The smallest absolute Gasteiger partial charge is 0.235 e. The minimum atomic E-state index is -0.953. The highest BCUT2D eigenvalue weighted by Gasteiger charge is 2.43. The van der Waals surface area contributed by atoms with E-state index >= 15 is 0 Å². The van der Waals surface area contributed by atoms with Crippen molar-refractivity contribution in [3.8, 4) is 0 Å². The summed E-state index contributed by atoms with van der Waals surface area (Å²) in [6.45, 7) is 16.5. The fraction of sp³-hybridized carbons (Fsp3) is 0.833. The molecule has 0 bridgehead atoms. The molecule has 0 heterocycles. The molecule has 0 fully saturated rings. The van der Waals surface area contributed by atoms with Crippen molar-refractivity contribution < 1.29 is 14.4 Å². The zero-order valence-electron chi connectivity index (χ0n) is 16.1. The number of carbonyl (C=O) groups is 3. The Kier molecular flexibility index (Phi) is 6.70. The molecule has 1 unspecified atom stereocenters. The molecule has 134 valence electrons. The molecule has 0 aromatic heterocycles. The Morgan fingerprint density at radius 3 is 1.65 bits per heavy atom. The lowest BCUT2D eigenvalue weighted by molar-refractivity contribution is -0.133. The molecule has 4 nitrogen and oxygen atoms in total. The number of nitrogens with one attached hydrogen (secondary N) is 1. The van der Waals surface area contributed by atoms with Gasteiger partial charge in [0.15, 0.2) is 0 Å². The molecule has 0 rings (SSSR count). The molecular weight excluding hydrogens is 310 g/mol. The number of carbonyl (C=O) groups excluding carboxylic acids is 3. The molecule has 0 aromatic rings. The Hall–Kier alpha value is -0.840. The Bertz CT molecular complexity index is 490. The summed E-state index contributed by atoms with van der Waals surface area (Å²) in [7, 11) is 0. The first kappa shape index (κ1) is 22.2. The van der Waals surface area contributed by atoms with Gasteiger partial charge in [0.05, 0.1) is 4.75 Å². The van der Waals surface area contributed by atoms with Gasteiger partial charge in [-0.3, -0.25) is 14.4 Å². The predicted molar refractivity (Wildman–Crippen MR) is 97.7 cm³/mol. The minimum absolute atomic E-state index is 0.0311. The topological polar surface area (TPSA) is 63.2 Å². The average molecular weight is 344 g/mol. The maximum absolute atomic E-state index is 12.5. The molecule has 0 aliphatic rings. The first-order chi connectivity index (χ1) is 9.97. The third-order valence-electron chi connectivity index (χ3n) is 5.49. The molecule has 0 aliphatic carbocycles. The highest BCUT2D eigenvalue weighted by molar-refractivity contribution is 7.82. The quantitative estimate of drug-likeness (QED) is 0.664. The summed E-state index contributed by atoms with van der Waals surface area (Å²) in [5.74, 6) is -0.102. The van der Waals surface area contributed by atoms with Crippen LogP contribution in [0.3, 0.4) is 0 Å². The van der Waals surface area contributed by atoms with Crippen LogP contribution >= 0.6 is 12.6 Å². The molecule has 23 heavy (non-hydrogen) atoms. The second-order valence-electron chi connectivity index (χ2n) is 8.64. The number of ketones is 2. The number of amides is 1. The van der Waals surface area contributed by atoms with E-state index in [0.717, 1.165) is 0 Å². The van der Waals surface area contributed by atoms with Gasteiger partial charge in [-0.25, -0.2) is 0 Å². The van der Waals surface area contributed by atoms with E-state index in [1.807, 2.05) is 41.5 Å². The summed E-state index contributed by atoms with van der Waals surface area (Å²) in [6.07, 6.45) is 0.348. The SMILES string of the molecule is CC(=O)C(C)(C)CC(C)(S)C(=O)NCC(C)(C)C(C)(C)C(C)=O. The van der Waals surface area contributed by atoms with Crippen LogP contribution in [-0.4, -0.2) is 28.8 Å². The summed E-state index contributed by atoms with van der Waals surface area (Å²) < 4.78 is -0.953. The fourth-order valence-electron chi connectivity index (χ4n) is 2.25. The third-order valence-corrected chi connectivity index (χ3v) is 5.85. The Morgan fingerprint density at radius 1 is 0.870 bits per heavy atom. The van der Waals surface area contributed by atoms with Crippen LogP contribution < -0.4 is 5.32 Å². The predicted octanol–water partition coefficient (Wildman–Crippen LogP) is 3.44. The number of thiol groups is 1. The molecule has 1 amide bonds. The molecule has 0 aromatic carbocycles. The lowest BCUT2D eigenvalue weighted by Gasteiger charge is -2.40. The van der Waals surface area contributed by atoms with Crippen molar-refractivity contribution in [2.45, 2.75) is 73.5 Å². The Balaban J connectivity index is 5.02. The Labute approximate surface area is 146 Å². The van der Waals surface area contributed by atoms with E-state index in [2.05, 4.69) is 17.9 Å². The maximum atomic E-state index is 12.5. The monoisotopic (exact) mass is 343 g/mol. The van der Waals surface area contributed by atoms with Gasteiger partial charge in [0, 0.05) is 17.4 Å². The number of rotatable bonds is 8. The van der Waals surface area contributed by atoms with E-state index in [-0.39, 0.29) is 17.5 Å². The van der Waals surface area contributed by atoms with Gasteiger partial charge in [-0.05, 0) is 32.6 Å². The highest BCUT2D eigenvalue weighted by atomic mass is 32.1. The molecule has 0 aliphatic heterocycles. The fourth-order valence-corrected chi connectivity index (χ4v) is 2.73. The van der Waals surface area contributed by atoms with Crippen LogP contribution in [-0.2, 0) is 14.4 Å². The van der Waals surface area contributed by atoms with E-state index < -0.39 is 21.0 Å². The first-order valence-electron chi connectivity index (χ1n) is 8.00. The maximum Gasteiger partial charge on any atom is 0.235 e. The van der Waals surface area contributed by atoms with Crippen LogP contribution in [0.15, 0.2) is 0 Å². The molecule has 5 heteroatoms.